The van der Waals surface area contributed by atoms with E-state index in [-0.39, 0.29) is 13.2 Å². The molecule has 5 nitrogen and oxygen atoms in total. The van der Waals surface area contributed by atoms with Crippen LogP contribution in [0.15, 0.2) is 90.9 Å². The number of hydrogen-bond donors (Lipinski definition) is 1. The number of hydrogen-bond acceptors (Lipinski definition) is 6. The molecule has 0 atom stereocenters. The van der Waals surface area contributed by atoms with Crippen LogP contribution in [0.25, 0.3) is 0 Å². The normalized spacial score (nSPS) is 8.52. The molecule has 0 aliphatic rings. The number of carbonyl (C=O) groups excluding carboxylic acids is 2. The molecule has 0 aliphatic heterocycles. The average Bonchev–Trinajstić information content (AvgIpc) is 2.67. The summed E-state index contributed by atoms with van der Waals surface area (Å²) in [6.45, 7) is 7.04. The first-order valence-electron chi connectivity index (χ1n) is 7.67. The Labute approximate surface area is 169 Å². The SMILES string of the molecule is C=CCOC(=O)Cl.C=CCOC(=O)Oc1ccccc1.Sc1ccccc1. The number of thiol groups is 1. The third-order valence-corrected chi connectivity index (χ3v) is 2.74. The Kier molecular flexibility index (Phi) is 15.1. The second-order valence-corrected chi connectivity index (χ2v) is 5.26. The lowest BCUT2D eigenvalue weighted by Crippen LogP contribution is -2.10. The summed E-state index contributed by atoms with van der Waals surface area (Å²) in [5, 5.41) is 0. The monoisotopic (exact) mass is 408 g/mol. The van der Waals surface area contributed by atoms with Gasteiger partial charge in [0.25, 0.3) is 0 Å². The number of benzene rings is 2. The summed E-state index contributed by atoms with van der Waals surface area (Å²) in [5.41, 5.74) is -0.792. The molecule has 0 aromatic heterocycles. The molecule has 0 unspecified atom stereocenters. The van der Waals surface area contributed by atoms with Crippen molar-refractivity contribution in [2.24, 2.45) is 0 Å². The lowest BCUT2D eigenvalue weighted by molar-refractivity contribution is 0.109. The zero-order chi connectivity index (χ0) is 20.3. The number of ether oxygens (including phenoxy) is 3. The smallest absolute Gasteiger partial charge is 0.449 e. The molecule has 0 amide bonds. The van der Waals surface area contributed by atoms with Crippen molar-refractivity contribution in [1.82, 2.24) is 0 Å². The van der Waals surface area contributed by atoms with Crippen molar-refractivity contribution in [3.8, 4) is 5.75 Å². The van der Waals surface area contributed by atoms with E-state index in [1.807, 2.05) is 36.4 Å². The highest BCUT2D eigenvalue weighted by molar-refractivity contribution is 7.80. The lowest BCUT2D eigenvalue weighted by Gasteiger charge is -2.02. The fourth-order valence-electron chi connectivity index (χ4n) is 1.29. The molecule has 2 aromatic rings. The highest BCUT2D eigenvalue weighted by Gasteiger charge is 2.02. The maximum absolute atomic E-state index is 10.9. The average molecular weight is 409 g/mol. The standard InChI is InChI=1S/C10H10O3.C6H6S.C4H5ClO2/c1-2-8-12-10(11)13-9-6-4-3-5-7-9;7-6-4-2-1-3-5-6;1-2-3-7-4(5)6/h2-7H,1,8H2;1-5,7H;2H,1,3H2. The maximum Gasteiger partial charge on any atom is 0.514 e. The van der Waals surface area contributed by atoms with Crippen molar-refractivity contribution in [1.29, 1.82) is 0 Å². The van der Waals surface area contributed by atoms with Gasteiger partial charge in [-0.25, -0.2) is 9.59 Å². The van der Waals surface area contributed by atoms with Gasteiger partial charge in [-0.05, 0) is 24.3 Å². The van der Waals surface area contributed by atoms with Crippen LogP contribution in [-0.4, -0.2) is 24.8 Å². The van der Waals surface area contributed by atoms with Gasteiger partial charge in [-0.15, -0.1) is 12.6 Å². The van der Waals surface area contributed by atoms with Crippen LogP contribution < -0.4 is 4.74 Å². The molecule has 0 saturated heterocycles. The molecular formula is C20H21ClO5S. The van der Waals surface area contributed by atoms with E-state index in [0.29, 0.717) is 5.75 Å². The van der Waals surface area contributed by atoms with Crippen LogP contribution in [0, 0.1) is 0 Å². The zero-order valence-corrected chi connectivity index (χ0v) is 16.3. The van der Waals surface area contributed by atoms with Crippen molar-refractivity contribution in [3.63, 3.8) is 0 Å². The molecule has 144 valence electrons. The lowest BCUT2D eigenvalue weighted by atomic mass is 10.3. The molecule has 2 aromatic carbocycles. The van der Waals surface area contributed by atoms with Gasteiger partial charge in [0.05, 0.1) is 0 Å². The highest BCUT2D eigenvalue weighted by Crippen LogP contribution is 2.08. The minimum Gasteiger partial charge on any atom is -0.449 e. The third kappa shape index (κ3) is 16.5. The van der Waals surface area contributed by atoms with Gasteiger partial charge < -0.3 is 14.2 Å². The third-order valence-electron chi connectivity index (χ3n) is 2.33. The molecule has 0 radical (unpaired) electrons. The number of halogens is 1. The van der Waals surface area contributed by atoms with Crippen molar-refractivity contribution in [2.75, 3.05) is 13.2 Å². The van der Waals surface area contributed by atoms with Crippen LogP contribution in [0.1, 0.15) is 0 Å². The fraction of sp³-hybridized carbons (Fsp3) is 0.100. The van der Waals surface area contributed by atoms with Gasteiger partial charge in [0, 0.05) is 16.5 Å². The zero-order valence-electron chi connectivity index (χ0n) is 14.6. The largest absolute Gasteiger partial charge is 0.514 e. The van der Waals surface area contributed by atoms with Gasteiger partial charge >= 0.3 is 11.6 Å². The molecule has 0 N–H and O–H groups in total. The van der Waals surface area contributed by atoms with Crippen LogP contribution in [0.4, 0.5) is 9.59 Å². The van der Waals surface area contributed by atoms with Crippen LogP contribution in [-0.2, 0) is 9.47 Å². The molecule has 0 saturated carbocycles. The first-order valence-corrected chi connectivity index (χ1v) is 8.49. The number of carbonyl (C=O) groups is 2. The molecule has 2 rings (SSSR count). The molecule has 0 aliphatic carbocycles. The Morgan fingerprint density at radius 1 is 0.889 bits per heavy atom. The Morgan fingerprint density at radius 2 is 1.37 bits per heavy atom. The van der Waals surface area contributed by atoms with Gasteiger partial charge in [0.1, 0.15) is 19.0 Å². The van der Waals surface area contributed by atoms with Crippen molar-refractivity contribution in [2.45, 2.75) is 4.90 Å². The van der Waals surface area contributed by atoms with Gasteiger partial charge in [-0.3, -0.25) is 0 Å². The fourth-order valence-corrected chi connectivity index (χ4v) is 1.53. The summed E-state index contributed by atoms with van der Waals surface area (Å²) >= 11 is 8.83. The summed E-state index contributed by atoms with van der Waals surface area (Å²) in [4.78, 5) is 21.6. The molecule has 0 fully saturated rings. The van der Waals surface area contributed by atoms with Crippen molar-refractivity contribution < 1.29 is 23.8 Å². The number of para-hydroxylation sites is 1. The van der Waals surface area contributed by atoms with E-state index in [9.17, 15) is 9.59 Å². The Balaban J connectivity index is 0.000000410. The topological polar surface area (TPSA) is 61.8 Å². The van der Waals surface area contributed by atoms with E-state index in [1.165, 1.54) is 12.2 Å². The first kappa shape index (κ1) is 24.3. The summed E-state index contributed by atoms with van der Waals surface area (Å²) in [7, 11) is 0. The van der Waals surface area contributed by atoms with E-state index >= 15 is 0 Å². The molecule has 7 heteroatoms. The number of rotatable bonds is 5. The predicted octanol–water partition coefficient (Wildman–Crippen LogP) is 5.91. The van der Waals surface area contributed by atoms with Gasteiger partial charge in [-0.2, -0.15) is 0 Å². The van der Waals surface area contributed by atoms with Gasteiger partial charge in [0.2, 0.25) is 0 Å². The van der Waals surface area contributed by atoms with E-state index in [4.69, 9.17) is 16.3 Å². The minimum atomic E-state index is -0.792. The first-order chi connectivity index (χ1) is 13.0. The van der Waals surface area contributed by atoms with E-state index in [2.05, 4.69) is 35.3 Å². The van der Waals surface area contributed by atoms with Crippen molar-refractivity contribution in [3.05, 3.63) is 86.0 Å². The van der Waals surface area contributed by atoms with Crippen LogP contribution in [0.5, 0.6) is 5.75 Å². The molecular weight excluding hydrogens is 388 g/mol. The van der Waals surface area contributed by atoms with Crippen LogP contribution in [0.3, 0.4) is 0 Å². The van der Waals surface area contributed by atoms with E-state index < -0.39 is 11.6 Å². The van der Waals surface area contributed by atoms with E-state index in [1.54, 1.807) is 24.3 Å². The Bertz CT molecular complexity index is 677. The summed E-state index contributed by atoms with van der Waals surface area (Å²) in [6, 6.07) is 18.5. The minimum absolute atomic E-state index is 0.158. The molecule has 0 heterocycles. The van der Waals surface area contributed by atoms with E-state index in [0.717, 1.165) is 4.90 Å². The molecule has 0 bridgehead atoms. The summed E-state index contributed by atoms with van der Waals surface area (Å²) < 4.78 is 13.6. The molecule has 0 spiro atoms. The maximum atomic E-state index is 10.9. The Morgan fingerprint density at radius 3 is 1.74 bits per heavy atom. The Hall–Kier alpha value is -2.70. The highest BCUT2D eigenvalue weighted by atomic mass is 35.5. The summed E-state index contributed by atoms with van der Waals surface area (Å²) in [6.07, 6.45) is 2.21. The van der Waals surface area contributed by atoms with Crippen LogP contribution >= 0.6 is 24.2 Å². The summed E-state index contributed by atoms with van der Waals surface area (Å²) in [5.74, 6) is 0.469. The van der Waals surface area contributed by atoms with Crippen LogP contribution in [0.2, 0.25) is 0 Å². The van der Waals surface area contributed by atoms with Gasteiger partial charge in [0.15, 0.2) is 0 Å². The van der Waals surface area contributed by atoms with Crippen molar-refractivity contribution >= 4 is 35.8 Å². The van der Waals surface area contributed by atoms with Gasteiger partial charge in [-0.1, -0.05) is 61.7 Å². The molecule has 27 heavy (non-hydrogen) atoms. The second kappa shape index (κ2) is 16.8. The predicted molar refractivity (Wildman–Crippen MR) is 110 cm³/mol. The second-order valence-electron chi connectivity index (χ2n) is 4.44. The quantitative estimate of drug-likeness (QED) is 0.219.